The lowest BCUT2D eigenvalue weighted by molar-refractivity contribution is -0.124. The fourth-order valence-electron chi connectivity index (χ4n) is 3.76. The summed E-state index contributed by atoms with van der Waals surface area (Å²) in [7, 11) is -2.07. The molecular formula is C15H21N3O5S. The zero-order chi connectivity index (χ0) is 17.6. The minimum atomic E-state index is -3.56. The maximum Gasteiger partial charge on any atom is 0.289 e. The van der Waals surface area contributed by atoms with Crippen molar-refractivity contribution in [1.29, 1.82) is 0 Å². The van der Waals surface area contributed by atoms with Crippen molar-refractivity contribution in [1.82, 2.24) is 14.5 Å². The minimum absolute atomic E-state index is 0.0544. The number of aryl methyl sites for hydroxylation is 1. The number of hydrogen-bond donors (Lipinski definition) is 1. The second-order valence-electron chi connectivity index (χ2n) is 6.43. The highest BCUT2D eigenvalue weighted by molar-refractivity contribution is 7.88. The summed E-state index contributed by atoms with van der Waals surface area (Å²) in [6.45, 7) is 2.48. The van der Waals surface area contributed by atoms with Crippen molar-refractivity contribution in [3.8, 4) is 0 Å². The summed E-state index contributed by atoms with van der Waals surface area (Å²) < 4.78 is 30.9. The van der Waals surface area contributed by atoms with Crippen LogP contribution in [0.3, 0.4) is 0 Å². The molecule has 0 spiro atoms. The van der Waals surface area contributed by atoms with Crippen LogP contribution >= 0.6 is 0 Å². The van der Waals surface area contributed by atoms with Gasteiger partial charge in [-0.3, -0.25) is 9.59 Å². The van der Waals surface area contributed by atoms with E-state index in [-0.39, 0.29) is 36.1 Å². The van der Waals surface area contributed by atoms with E-state index in [1.165, 1.54) is 17.6 Å². The van der Waals surface area contributed by atoms with E-state index in [2.05, 4.69) is 5.32 Å². The Morgan fingerprint density at radius 1 is 1.33 bits per heavy atom. The molecule has 3 heterocycles. The van der Waals surface area contributed by atoms with E-state index in [0.29, 0.717) is 13.0 Å². The number of fused-ring (bicyclic) bond motifs is 1. The van der Waals surface area contributed by atoms with Gasteiger partial charge in [-0.1, -0.05) is 0 Å². The van der Waals surface area contributed by atoms with Gasteiger partial charge in [-0.15, -0.1) is 0 Å². The van der Waals surface area contributed by atoms with Crippen LogP contribution < -0.4 is 5.32 Å². The number of rotatable bonds is 3. The molecule has 132 valence electrons. The molecule has 3 atom stereocenters. The van der Waals surface area contributed by atoms with Gasteiger partial charge in [-0.2, -0.15) is 4.31 Å². The lowest BCUT2D eigenvalue weighted by Crippen LogP contribution is -2.49. The van der Waals surface area contributed by atoms with Crippen LogP contribution in [0.25, 0.3) is 0 Å². The molecule has 0 unspecified atom stereocenters. The fraction of sp³-hybridized carbons (Fsp3) is 0.600. The first-order valence-corrected chi connectivity index (χ1v) is 9.62. The Kier molecular flexibility index (Phi) is 4.16. The topological polar surface area (TPSA) is 99.9 Å². The molecule has 0 aliphatic carbocycles. The van der Waals surface area contributed by atoms with E-state index in [4.69, 9.17) is 4.42 Å². The van der Waals surface area contributed by atoms with E-state index < -0.39 is 16.1 Å². The summed E-state index contributed by atoms with van der Waals surface area (Å²) in [4.78, 5) is 26.2. The van der Waals surface area contributed by atoms with E-state index in [1.54, 1.807) is 17.9 Å². The van der Waals surface area contributed by atoms with Crippen LogP contribution in [0.4, 0.5) is 0 Å². The van der Waals surface area contributed by atoms with Crippen molar-refractivity contribution in [2.24, 2.45) is 5.92 Å². The van der Waals surface area contributed by atoms with Gasteiger partial charge in [0.15, 0.2) is 5.76 Å². The van der Waals surface area contributed by atoms with Crippen LogP contribution in [0.15, 0.2) is 16.7 Å². The third kappa shape index (κ3) is 2.71. The molecule has 2 aliphatic heterocycles. The normalized spacial score (nSPS) is 27.3. The molecule has 2 saturated heterocycles. The molecule has 0 saturated carbocycles. The molecule has 1 aromatic rings. The molecule has 0 bridgehead atoms. The van der Waals surface area contributed by atoms with E-state index in [0.717, 1.165) is 11.8 Å². The van der Waals surface area contributed by atoms with Crippen molar-refractivity contribution in [2.45, 2.75) is 25.4 Å². The summed E-state index contributed by atoms with van der Waals surface area (Å²) in [5.74, 6) is -0.323. The first-order chi connectivity index (χ1) is 11.2. The highest BCUT2D eigenvalue weighted by atomic mass is 32.2. The second kappa shape index (κ2) is 5.89. The van der Waals surface area contributed by atoms with Gasteiger partial charge in [-0.25, -0.2) is 8.42 Å². The second-order valence-corrected chi connectivity index (χ2v) is 8.32. The van der Waals surface area contributed by atoms with Crippen LogP contribution in [0, 0.1) is 12.8 Å². The maximum absolute atomic E-state index is 12.6. The number of carbonyl (C=O) groups excluding carboxylic acids is 2. The number of sulfonamides is 1. The molecule has 1 aromatic heterocycles. The Morgan fingerprint density at radius 3 is 2.58 bits per heavy atom. The van der Waals surface area contributed by atoms with Crippen molar-refractivity contribution in [2.75, 3.05) is 26.4 Å². The Morgan fingerprint density at radius 2 is 2.04 bits per heavy atom. The van der Waals surface area contributed by atoms with E-state index >= 15 is 0 Å². The standard InChI is InChI=1S/C15H21N3O5S/c1-9-4-5-23-13(9)15(20)17-7-10-6-11(14(19)16-2)18(12(10)8-17)24(3,21)22/h4-5,10-12H,6-8H2,1-3H3,(H,16,19)/t10-,11-,12+/m1/s1. The average molecular weight is 355 g/mol. The monoisotopic (exact) mass is 355 g/mol. The predicted octanol–water partition coefficient (Wildman–Crippen LogP) is -0.191. The first kappa shape index (κ1) is 17.0. The first-order valence-electron chi connectivity index (χ1n) is 7.77. The highest BCUT2D eigenvalue weighted by Gasteiger charge is 2.53. The van der Waals surface area contributed by atoms with Gasteiger partial charge < -0.3 is 14.6 Å². The zero-order valence-electron chi connectivity index (χ0n) is 13.9. The predicted molar refractivity (Wildman–Crippen MR) is 85.8 cm³/mol. The minimum Gasteiger partial charge on any atom is -0.459 e. The van der Waals surface area contributed by atoms with Crippen LogP contribution in [0.5, 0.6) is 0 Å². The summed E-state index contributed by atoms with van der Waals surface area (Å²) >= 11 is 0. The number of amides is 2. The molecule has 1 N–H and O–H groups in total. The number of nitrogens with zero attached hydrogens (tertiary/aromatic N) is 2. The highest BCUT2D eigenvalue weighted by Crippen LogP contribution is 2.38. The molecule has 0 aromatic carbocycles. The summed E-state index contributed by atoms with van der Waals surface area (Å²) in [5.41, 5.74) is 0.750. The number of likely N-dealkylation sites (N-methyl/N-ethyl adjacent to an activating group) is 1. The van der Waals surface area contributed by atoms with Gasteiger partial charge in [0, 0.05) is 31.7 Å². The van der Waals surface area contributed by atoms with Gasteiger partial charge in [0.05, 0.1) is 12.5 Å². The number of furan rings is 1. The van der Waals surface area contributed by atoms with Crippen LogP contribution in [0.2, 0.25) is 0 Å². The summed E-state index contributed by atoms with van der Waals surface area (Å²) in [6.07, 6.45) is 2.98. The Balaban J connectivity index is 1.83. The van der Waals surface area contributed by atoms with Crippen LogP contribution in [-0.2, 0) is 14.8 Å². The number of likely N-dealkylation sites (tertiary alicyclic amines) is 1. The molecule has 2 fully saturated rings. The molecule has 2 amide bonds. The van der Waals surface area contributed by atoms with Gasteiger partial charge in [-0.05, 0) is 25.3 Å². The van der Waals surface area contributed by atoms with Crippen LogP contribution in [0.1, 0.15) is 22.5 Å². The summed E-state index contributed by atoms with van der Waals surface area (Å²) in [5, 5.41) is 2.52. The molecule has 3 rings (SSSR count). The molecule has 0 radical (unpaired) electrons. The largest absolute Gasteiger partial charge is 0.459 e. The molecule has 2 aliphatic rings. The lowest BCUT2D eigenvalue weighted by atomic mass is 10.0. The van der Waals surface area contributed by atoms with Gasteiger partial charge in [0.1, 0.15) is 6.04 Å². The van der Waals surface area contributed by atoms with Crippen molar-refractivity contribution < 1.29 is 22.4 Å². The Hall–Kier alpha value is -1.87. The summed E-state index contributed by atoms with van der Waals surface area (Å²) in [6, 6.07) is 0.637. The number of carbonyl (C=O) groups is 2. The lowest BCUT2D eigenvalue weighted by Gasteiger charge is -2.27. The quantitative estimate of drug-likeness (QED) is 0.810. The third-order valence-electron chi connectivity index (χ3n) is 4.84. The van der Waals surface area contributed by atoms with Crippen LogP contribution in [-0.4, -0.2) is 67.9 Å². The SMILES string of the molecule is CNC(=O)[C@H]1C[C@@H]2CN(C(=O)c3occc3C)C[C@@H]2N1S(C)(=O)=O. The van der Waals surface area contributed by atoms with Crippen molar-refractivity contribution in [3.05, 3.63) is 23.7 Å². The van der Waals surface area contributed by atoms with Crippen molar-refractivity contribution >= 4 is 21.8 Å². The molecule has 9 heteroatoms. The van der Waals surface area contributed by atoms with E-state index in [9.17, 15) is 18.0 Å². The molecule has 8 nitrogen and oxygen atoms in total. The number of nitrogens with one attached hydrogen (secondary N) is 1. The van der Waals surface area contributed by atoms with Gasteiger partial charge in [0.25, 0.3) is 5.91 Å². The molecule has 24 heavy (non-hydrogen) atoms. The molecular weight excluding hydrogens is 334 g/mol. The van der Waals surface area contributed by atoms with Gasteiger partial charge in [0.2, 0.25) is 15.9 Å². The fourth-order valence-corrected chi connectivity index (χ4v) is 5.14. The average Bonchev–Trinajstić information content (AvgIpc) is 3.17. The van der Waals surface area contributed by atoms with Gasteiger partial charge >= 0.3 is 0 Å². The maximum atomic E-state index is 12.6. The van der Waals surface area contributed by atoms with Crippen molar-refractivity contribution in [3.63, 3.8) is 0 Å². The Bertz CT molecular complexity index is 772. The Labute approximate surface area is 140 Å². The van der Waals surface area contributed by atoms with E-state index in [1.807, 2.05) is 0 Å². The third-order valence-corrected chi connectivity index (χ3v) is 6.13. The smallest absolute Gasteiger partial charge is 0.289 e. The number of hydrogen-bond acceptors (Lipinski definition) is 5. The zero-order valence-corrected chi connectivity index (χ0v) is 14.7.